The number of carbonyl (C=O) groups excluding carboxylic acids is 2. The molecule has 0 bridgehead atoms. The molecule has 2 aromatic carbocycles. The Morgan fingerprint density at radius 1 is 1.04 bits per heavy atom. The van der Waals surface area contributed by atoms with Crippen molar-refractivity contribution in [3.8, 4) is 0 Å². The summed E-state index contributed by atoms with van der Waals surface area (Å²) in [6.45, 7) is 0. The molecular formula is C18H14FN3O2. The second-order valence-corrected chi connectivity index (χ2v) is 5.72. The monoisotopic (exact) mass is 323 g/mol. The van der Waals surface area contributed by atoms with Crippen LogP contribution in [0.25, 0.3) is 10.9 Å². The number of nitrogens with zero attached hydrogens (tertiary/aromatic N) is 1. The van der Waals surface area contributed by atoms with Crippen molar-refractivity contribution in [1.82, 2.24) is 10.3 Å². The molecule has 1 aliphatic heterocycles. The molecule has 4 rings (SSSR count). The average Bonchev–Trinajstić information content (AvgIpc) is 3.11. The van der Waals surface area contributed by atoms with Crippen LogP contribution in [0.2, 0.25) is 0 Å². The maximum absolute atomic E-state index is 13.0. The maximum atomic E-state index is 13.0. The molecule has 1 atom stereocenters. The van der Waals surface area contributed by atoms with E-state index in [1.807, 2.05) is 30.5 Å². The van der Waals surface area contributed by atoms with Crippen LogP contribution < -0.4 is 10.2 Å². The minimum absolute atomic E-state index is 0.336. The first-order valence-electron chi connectivity index (χ1n) is 7.58. The van der Waals surface area contributed by atoms with Crippen LogP contribution in [0.1, 0.15) is 5.56 Å². The van der Waals surface area contributed by atoms with Crippen molar-refractivity contribution in [2.45, 2.75) is 12.5 Å². The van der Waals surface area contributed by atoms with E-state index in [4.69, 9.17) is 0 Å². The first-order chi connectivity index (χ1) is 11.6. The van der Waals surface area contributed by atoms with Gasteiger partial charge in [0, 0.05) is 23.5 Å². The second kappa shape index (κ2) is 5.49. The van der Waals surface area contributed by atoms with Gasteiger partial charge in [0.2, 0.25) is 0 Å². The number of aromatic amines is 1. The molecule has 3 aromatic rings. The van der Waals surface area contributed by atoms with Gasteiger partial charge in [0.05, 0.1) is 5.69 Å². The van der Waals surface area contributed by atoms with Gasteiger partial charge in [-0.1, -0.05) is 18.2 Å². The summed E-state index contributed by atoms with van der Waals surface area (Å²) in [5, 5.41) is 3.73. The topological polar surface area (TPSA) is 65.2 Å². The van der Waals surface area contributed by atoms with Crippen LogP contribution in [0, 0.1) is 5.82 Å². The van der Waals surface area contributed by atoms with Gasteiger partial charge in [0.15, 0.2) is 0 Å². The van der Waals surface area contributed by atoms with Gasteiger partial charge >= 0.3 is 6.03 Å². The van der Waals surface area contributed by atoms with Crippen LogP contribution in [0.15, 0.2) is 54.7 Å². The summed E-state index contributed by atoms with van der Waals surface area (Å²) in [5.41, 5.74) is 2.31. The molecule has 3 amide bonds. The molecule has 1 aliphatic rings. The third-order valence-corrected chi connectivity index (χ3v) is 4.20. The smallest absolute Gasteiger partial charge is 0.329 e. The third kappa shape index (κ3) is 2.32. The number of rotatable bonds is 3. The number of para-hydroxylation sites is 1. The number of nitrogens with one attached hydrogen (secondary N) is 2. The predicted octanol–water partition coefficient (Wildman–Crippen LogP) is 2.97. The number of fused-ring (bicyclic) bond motifs is 1. The lowest BCUT2D eigenvalue weighted by molar-refractivity contribution is -0.118. The Morgan fingerprint density at radius 3 is 2.58 bits per heavy atom. The van der Waals surface area contributed by atoms with Crippen LogP contribution >= 0.6 is 0 Å². The van der Waals surface area contributed by atoms with Gasteiger partial charge in [-0.3, -0.25) is 4.79 Å². The Bertz CT molecular complexity index is 933. The first-order valence-corrected chi connectivity index (χ1v) is 7.58. The molecule has 0 saturated carbocycles. The van der Waals surface area contributed by atoms with Gasteiger partial charge < -0.3 is 10.3 Å². The fourth-order valence-corrected chi connectivity index (χ4v) is 3.02. The Balaban J connectivity index is 1.60. The van der Waals surface area contributed by atoms with Crippen molar-refractivity contribution in [2.24, 2.45) is 0 Å². The number of anilines is 1. The van der Waals surface area contributed by atoms with E-state index in [1.165, 1.54) is 24.3 Å². The Labute approximate surface area is 137 Å². The second-order valence-electron chi connectivity index (χ2n) is 5.72. The fourth-order valence-electron chi connectivity index (χ4n) is 3.02. The van der Waals surface area contributed by atoms with E-state index in [0.717, 1.165) is 21.4 Å². The zero-order chi connectivity index (χ0) is 16.7. The van der Waals surface area contributed by atoms with Crippen molar-refractivity contribution in [2.75, 3.05) is 4.90 Å². The van der Waals surface area contributed by atoms with Crippen molar-refractivity contribution in [1.29, 1.82) is 0 Å². The predicted molar refractivity (Wildman–Crippen MR) is 88.2 cm³/mol. The van der Waals surface area contributed by atoms with Crippen molar-refractivity contribution < 1.29 is 14.0 Å². The molecule has 1 aromatic heterocycles. The number of aromatic nitrogens is 1. The zero-order valence-corrected chi connectivity index (χ0v) is 12.6. The first kappa shape index (κ1) is 14.4. The SMILES string of the molecule is O=C1N[C@@H](Cc2c[nH]c3ccccc23)C(=O)N1c1ccc(F)cc1. The summed E-state index contributed by atoms with van der Waals surface area (Å²) in [7, 11) is 0. The van der Waals surface area contributed by atoms with E-state index in [0.29, 0.717) is 12.1 Å². The Hall–Kier alpha value is -3.15. The molecule has 6 heteroatoms. The quantitative estimate of drug-likeness (QED) is 0.728. The summed E-state index contributed by atoms with van der Waals surface area (Å²) in [6, 6.07) is 12.0. The lowest BCUT2D eigenvalue weighted by Crippen LogP contribution is -2.32. The summed E-state index contributed by atoms with van der Waals surface area (Å²) in [4.78, 5) is 29.0. The number of benzene rings is 2. The fraction of sp³-hybridized carbons (Fsp3) is 0.111. The zero-order valence-electron chi connectivity index (χ0n) is 12.6. The molecule has 1 saturated heterocycles. The number of amides is 3. The van der Waals surface area contributed by atoms with Gasteiger partial charge in [-0.05, 0) is 35.9 Å². The molecule has 120 valence electrons. The van der Waals surface area contributed by atoms with Crippen LogP contribution in [0.3, 0.4) is 0 Å². The van der Waals surface area contributed by atoms with Gasteiger partial charge in [-0.15, -0.1) is 0 Å². The average molecular weight is 323 g/mol. The number of hydrogen-bond acceptors (Lipinski definition) is 2. The third-order valence-electron chi connectivity index (χ3n) is 4.20. The standard InChI is InChI=1S/C18H14FN3O2/c19-12-5-7-13(8-6-12)22-17(23)16(21-18(22)24)9-11-10-20-15-4-2-1-3-14(11)15/h1-8,10,16,20H,9H2,(H,21,24)/t16-/m0/s1. The molecule has 1 fully saturated rings. The van der Waals surface area contributed by atoms with Gasteiger partial charge in [-0.2, -0.15) is 0 Å². The van der Waals surface area contributed by atoms with Gasteiger partial charge in [0.25, 0.3) is 5.91 Å². The number of H-pyrrole nitrogens is 1. The molecule has 5 nitrogen and oxygen atoms in total. The number of carbonyl (C=O) groups is 2. The van der Waals surface area contributed by atoms with Crippen molar-refractivity contribution in [3.05, 3.63) is 66.1 Å². The molecular weight excluding hydrogens is 309 g/mol. The van der Waals surface area contributed by atoms with Crippen LogP contribution in [-0.2, 0) is 11.2 Å². The Morgan fingerprint density at radius 2 is 1.79 bits per heavy atom. The minimum atomic E-state index is -0.637. The van der Waals surface area contributed by atoms with E-state index in [1.54, 1.807) is 0 Å². The summed E-state index contributed by atoms with van der Waals surface area (Å²) >= 11 is 0. The maximum Gasteiger partial charge on any atom is 0.329 e. The highest BCUT2D eigenvalue weighted by Crippen LogP contribution is 2.24. The van der Waals surface area contributed by atoms with Crippen molar-refractivity contribution in [3.63, 3.8) is 0 Å². The van der Waals surface area contributed by atoms with Crippen LogP contribution in [0.4, 0.5) is 14.9 Å². The van der Waals surface area contributed by atoms with Crippen LogP contribution in [-0.4, -0.2) is 23.0 Å². The number of imide groups is 1. The van der Waals surface area contributed by atoms with E-state index in [-0.39, 0.29) is 5.91 Å². The van der Waals surface area contributed by atoms with Gasteiger partial charge in [0.1, 0.15) is 11.9 Å². The van der Waals surface area contributed by atoms with E-state index < -0.39 is 17.9 Å². The van der Waals surface area contributed by atoms with E-state index in [9.17, 15) is 14.0 Å². The lowest BCUT2D eigenvalue weighted by Gasteiger charge is -2.12. The highest BCUT2D eigenvalue weighted by Gasteiger charge is 2.39. The van der Waals surface area contributed by atoms with Crippen molar-refractivity contribution >= 4 is 28.5 Å². The lowest BCUT2D eigenvalue weighted by atomic mass is 10.0. The normalized spacial score (nSPS) is 17.5. The molecule has 0 spiro atoms. The largest absolute Gasteiger partial charge is 0.361 e. The number of halogens is 1. The molecule has 2 heterocycles. The molecule has 0 unspecified atom stereocenters. The van der Waals surface area contributed by atoms with Gasteiger partial charge in [-0.25, -0.2) is 14.1 Å². The Kier molecular flexibility index (Phi) is 3.30. The minimum Gasteiger partial charge on any atom is -0.361 e. The molecule has 0 radical (unpaired) electrons. The molecule has 24 heavy (non-hydrogen) atoms. The molecule has 0 aliphatic carbocycles. The highest BCUT2D eigenvalue weighted by molar-refractivity contribution is 6.21. The highest BCUT2D eigenvalue weighted by atomic mass is 19.1. The number of hydrogen-bond donors (Lipinski definition) is 2. The number of urea groups is 1. The molecule has 2 N–H and O–H groups in total. The summed E-state index contributed by atoms with van der Waals surface area (Å²) < 4.78 is 13.0. The summed E-state index contributed by atoms with van der Waals surface area (Å²) in [6.07, 6.45) is 2.25. The van der Waals surface area contributed by atoms with E-state index >= 15 is 0 Å². The van der Waals surface area contributed by atoms with E-state index in [2.05, 4.69) is 10.3 Å². The van der Waals surface area contributed by atoms with Crippen LogP contribution in [0.5, 0.6) is 0 Å². The summed E-state index contributed by atoms with van der Waals surface area (Å²) in [5.74, 6) is -0.752.